The second-order valence-electron chi connectivity index (χ2n) is 13.0. The van der Waals surface area contributed by atoms with Gasteiger partial charge in [-0.15, -0.1) is 0 Å². The molecule has 0 aromatic carbocycles. The van der Waals surface area contributed by atoms with Gasteiger partial charge in [-0.2, -0.15) is 0 Å². The van der Waals surface area contributed by atoms with E-state index in [0.29, 0.717) is 12.8 Å². The number of aliphatic hydroxyl groups excluding tert-OH is 1. The van der Waals surface area contributed by atoms with Crippen molar-refractivity contribution in [3.8, 4) is 0 Å². The molecule has 48 heavy (non-hydrogen) atoms. The predicted molar refractivity (Wildman–Crippen MR) is 195 cm³/mol. The smallest absolute Gasteiger partial charge is 0.328 e. The highest BCUT2D eigenvalue weighted by Gasteiger charge is 2.19. The lowest BCUT2D eigenvalue weighted by atomic mass is 10.0. The van der Waals surface area contributed by atoms with Gasteiger partial charge < -0.3 is 25.6 Å². The normalized spacial score (nSPS) is 12.7. The largest absolute Gasteiger partial charge is 0.480 e. The highest BCUT2D eigenvalue weighted by molar-refractivity contribution is 5.87. The fraction of sp³-hybridized carbons (Fsp3) is 0.795. The third-order valence-electron chi connectivity index (χ3n) is 8.45. The van der Waals surface area contributed by atoms with Gasteiger partial charge in [-0.05, 0) is 70.6 Å². The summed E-state index contributed by atoms with van der Waals surface area (Å²) < 4.78 is 5.94. The quantitative estimate of drug-likeness (QED) is 0.0304. The second kappa shape index (κ2) is 34.2. The summed E-state index contributed by atoms with van der Waals surface area (Å²) in [5, 5.41) is 22.5. The van der Waals surface area contributed by atoms with Crippen LogP contribution in [-0.4, -0.2) is 59.3 Å². The van der Waals surface area contributed by atoms with Crippen molar-refractivity contribution in [2.24, 2.45) is 0 Å². The molecule has 0 aliphatic carbocycles. The number of unbranched alkanes of at least 4 members (excludes halogenated alkanes) is 16. The average Bonchev–Trinajstić information content (AvgIpc) is 3.07. The maximum atomic E-state index is 12.6. The Morgan fingerprint density at radius 1 is 0.625 bits per heavy atom. The first kappa shape index (κ1) is 45.3. The van der Waals surface area contributed by atoms with Crippen molar-refractivity contribution in [3.63, 3.8) is 0 Å². The van der Waals surface area contributed by atoms with Crippen molar-refractivity contribution in [1.82, 2.24) is 10.6 Å². The van der Waals surface area contributed by atoms with Crippen molar-refractivity contribution in [2.75, 3.05) is 13.2 Å². The summed E-state index contributed by atoms with van der Waals surface area (Å²) in [6, 6.07) is -1.39. The first-order valence-electron chi connectivity index (χ1n) is 19.2. The van der Waals surface area contributed by atoms with Crippen LogP contribution in [-0.2, 0) is 23.9 Å². The average molecular weight is 679 g/mol. The Balaban J connectivity index is 4.18. The van der Waals surface area contributed by atoms with Crippen LogP contribution in [0, 0.1) is 0 Å². The van der Waals surface area contributed by atoms with Crippen LogP contribution in [0.5, 0.6) is 0 Å². The van der Waals surface area contributed by atoms with Crippen LogP contribution in [0.1, 0.15) is 174 Å². The Hall–Kier alpha value is -2.68. The van der Waals surface area contributed by atoms with Crippen molar-refractivity contribution in [2.45, 2.75) is 187 Å². The summed E-state index contributed by atoms with van der Waals surface area (Å²) in [7, 11) is 0. The molecule has 0 aliphatic rings. The lowest BCUT2D eigenvalue weighted by molar-refractivity contribution is -0.150. The summed E-state index contributed by atoms with van der Waals surface area (Å²) in [6.07, 6.45) is 34.9. The number of hydrogen-bond donors (Lipinski definition) is 4. The number of carbonyl (C=O) groups excluding carboxylic acids is 3. The molecule has 0 aromatic heterocycles. The molecule has 0 spiro atoms. The maximum absolute atomic E-state index is 12.6. The van der Waals surface area contributed by atoms with E-state index in [4.69, 9.17) is 14.9 Å². The zero-order chi connectivity index (χ0) is 35.5. The predicted octanol–water partition coefficient (Wildman–Crippen LogP) is 8.48. The zero-order valence-electron chi connectivity index (χ0n) is 30.5. The minimum Gasteiger partial charge on any atom is -0.480 e. The third-order valence-corrected chi connectivity index (χ3v) is 8.45. The van der Waals surface area contributed by atoms with E-state index in [2.05, 4.69) is 48.8 Å². The summed E-state index contributed by atoms with van der Waals surface area (Å²) in [5.74, 6) is -2.35. The standard InChI is InChI=1S/C39H70N2O7/c1-3-5-7-9-11-12-13-14-15-16-17-18-19-21-27-31-38(45)48-34(28-24-20-10-8-6-4-2)29-25-22-23-26-30-36(43)40-32-37(44)41-35(33-42)39(46)47/h11-12,14-15,34-35,42H,3-10,13,16-33H2,1-2H3,(H,40,43)(H,41,44)(H,46,47)/b12-11-,15-14-. The molecule has 2 atom stereocenters. The van der Waals surface area contributed by atoms with Crippen LogP contribution in [0.25, 0.3) is 0 Å². The van der Waals surface area contributed by atoms with Gasteiger partial charge in [0.25, 0.3) is 0 Å². The fourth-order valence-corrected chi connectivity index (χ4v) is 5.45. The number of carboxylic acid groups (broad SMARTS) is 1. The first-order valence-corrected chi connectivity index (χ1v) is 19.2. The number of allylic oxidation sites excluding steroid dienone is 4. The van der Waals surface area contributed by atoms with E-state index in [0.717, 1.165) is 70.6 Å². The van der Waals surface area contributed by atoms with Gasteiger partial charge in [-0.1, -0.05) is 115 Å². The maximum Gasteiger partial charge on any atom is 0.328 e. The molecule has 0 aromatic rings. The number of ether oxygens (including phenoxy) is 1. The topological polar surface area (TPSA) is 142 Å². The summed E-state index contributed by atoms with van der Waals surface area (Å²) >= 11 is 0. The summed E-state index contributed by atoms with van der Waals surface area (Å²) in [5.41, 5.74) is 0. The number of nitrogens with one attached hydrogen (secondary N) is 2. The number of esters is 1. The van der Waals surface area contributed by atoms with Crippen LogP contribution >= 0.6 is 0 Å². The molecule has 0 aliphatic heterocycles. The van der Waals surface area contributed by atoms with E-state index in [9.17, 15) is 19.2 Å². The molecular weight excluding hydrogens is 608 g/mol. The lowest BCUT2D eigenvalue weighted by Gasteiger charge is -2.18. The number of hydrogen-bond acceptors (Lipinski definition) is 6. The highest BCUT2D eigenvalue weighted by atomic mass is 16.5. The van der Waals surface area contributed by atoms with Crippen molar-refractivity contribution in [3.05, 3.63) is 24.3 Å². The van der Waals surface area contributed by atoms with E-state index in [1.54, 1.807) is 0 Å². The van der Waals surface area contributed by atoms with E-state index in [1.165, 1.54) is 70.6 Å². The van der Waals surface area contributed by atoms with Gasteiger partial charge in [0.15, 0.2) is 0 Å². The molecule has 2 unspecified atom stereocenters. The third kappa shape index (κ3) is 30.6. The van der Waals surface area contributed by atoms with Gasteiger partial charge in [0.1, 0.15) is 12.1 Å². The van der Waals surface area contributed by atoms with Crippen LogP contribution < -0.4 is 10.6 Å². The van der Waals surface area contributed by atoms with Gasteiger partial charge in [-0.25, -0.2) is 4.79 Å². The number of rotatable bonds is 34. The SMILES string of the molecule is CCCCC/C=C\C/C=C\CCCCCCCC(=O)OC(CCCCCCCC)CCCCCCC(=O)NCC(=O)NC(CO)C(=O)O. The van der Waals surface area contributed by atoms with E-state index >= 15 is 0 Å². The number of aliphatic carboxylic acids is 1. The van der Waals surface area contributed by atoms with Crippen LogP contribution in [0.3, 0.4) is 0 Å². The number of carbonyl (C=O) groups is 4. The van der Waals surface area contributed by atoms with Crippen molar-refractivity contribution >= 4 is 23.8 Å². The first-order chi connectivity index (χ1) is 23.3. The molecule has 278 valence electrons. The monoisotopic (exact) mass is 679 g/mol. The highest BCUT2D eigenvalue weighted by Crippen LogP contribution is 2.18. The van der Waals surface area contributed by atoms with Gasteiger partial charge in [0.2, 0.25) is 11.8 Å². The van der Waals surface area contributed by atoms with Gasteiger partial charge in [-0.3, -0.25) is 14.4 Å². The van der Waals surface area contributed by atoms with Gasteiger partial charge >= 0.3 is 11.9 Å². The minimum absolute atomic E-state index is 0.0444. The number of carboxylic acids is 1. The molecule has 0 bridgehead atoms. The van der Waals surface area contributed by atoms with E-state index < -0.39 is 24.5 Å². The molecule has 9 nitrogen and oxygen atoms in total. The molecular formula is C39H70N2O7. The number of amides is 2. The number of aliphatic hydroxyl groups is 1. The van der Waals surface area contributed by atoms with Crippen LogP contribution in [0.4, 0.5) is 0 Å². The molecule has 0 saturated carbocycles. The van der Waals surface area contributed by atoms with E-state index in [1.807, 2.05) is 0 Å². The Morgan fingerprint density at radius 3 is 1.71 bits per heavy atom. The minimum atomic E-state index is -1.39. The van der Waals surface area contributed by atoms with Gasteiger partial charge in [0.05, 0.1) is 13.2 Å². The van der Waals surface area contributed by atoms with Crippen LogP contribution in [0.15, 0.2) is 24.3 Å². The lowest BCUT2D eigenvalue weighted by Crippen LogP contribution is -2.47. The van der Waals surface area contributed by atoms with E-state index in [-0.39, 0.29) is 30.9 Å². The molecule has 0 heterocycles. The molecule has 0 rings (SSSR count). The Bertz CT molecular complexity index is 874. The zero-order valence-corrected chi connectivity index (χ0v) is 30.5. The molecule has 2 amide bonds. The Morgan fingerprint density at radius 2 is 1.12 bits per heavy atom. The summed E-state index contributed by atoms with van der Waals surface area (Å²) in [4.78, 5) is 47.3. The Kier molecular flexibility index (Phi) is 32.3. The van der Waals surface area contributed by atoms with Crippen molar-refractivity contribution in [1.29, 1.82) is 0 Å². The molecule has 9 heteroatoms. The van der Waals surface area contributed by atoms with Crippen molar-refractivity contribution < 1.29 is 34.1 Å². The van der Waals surface area contributed by atoms with Gasteiger partial charge in [0, 0.05) is 12.8 Å². The molecule has 0 saturated heterocycles. The molecule has 0 fully saturated rings. The fourth-order valence-electron chi connectivity index (χ4n) is 5.45. The van der Waals surface area contributed by atoms with Crippen LogP contribution in [0.2, 0.25) is 0 Å². The summed E-state index contributed by atoms with van der Waals surface area (Å²) in [6.45, 7) is 3.40. The molecule has 4 N–H and O–H groups in total. The molecule has 0 radical (unpaired) electrons. The second-order valence-corrected chi connectivity index (χ2v) is 13.0. The Labute approximate surface area is 292 Å².